The monoisotopic (exact) mass is 520 g/mol. The van der Waals surface area contributed by atoms with Crippen LogP contribution in [-0.2, 0) is 16.1 Å². The SMILES string of the molecule is O=C1Nc2ccc([N+](=O)[O-])cc2C1=C(Nc1ccc(-c2c[nH]cn2)cc1)c1ccc(CN2CCCC2=O)cc1. The van der Waals surface area contributed by atoms with Gasteiger partial charge in [-0.15, -0.1) is 0 Å². The van der Waals surface area contributed by atoms with E-state index in [1.165, 1.54) is 12.1 Å². The Morgan fingerprint density at radius 2 is 1.85 bits per heavy atom. The first-order valence-electron chi connectivity index (χ1n) is 12.5. The highest BCUT2D eigenvalue weighted by molar-refractivity contribution is 6.37. The van der Waals surface area contributed by atoms with Gasteiger partial charge in [-0.3, -0.25) is 19.7 Å². The minimum atomic E-state index is -0.476. The van der Waals surface area contributed by atoms with Gasteiger partial charge in [-0.1, -0.05) is 36.4 Å². The molecule has 3 heterocycles. The fourth-order valence-electron chi connectivity index (χ4n) is 4.95. The molecule has 10 heteroatoms. The molecule has 3 aromatic carbocycles. The molecular weight excluding hydrogens is 496 g/mol. The maximum Gasteiger partial charge on any atom is 0.270 e. The molecule has 4 aromatic rings. The number of benzene rings is 3. The van der Waals surface area contributed by atoms with Gasteiger partial charge in [0.15, 0.2) is 0 Å². The number of H-pyrrole nitrogens is 1. The lowest BCUT2D eigenvalue weighted by Crippen LogP contribution is -2.23. The zero-order valence-corrected chi connectivity index (χ0v) is 20.8. The molecule has 1 aromatic heterocycles. The van der Waals surface area contributed by atoms with E-state index in [9.17, 15) is 19.7 Å². The molecule has 1 saturated heterocycles. The van der Waals surface area contributed by atoms with Crippen LogP contribution >= 0.6 is 0 Å². The summed E-state index contributed by atoms with van der Waals surface area (Å²) < 4.78 is 0. The molecule has 0 bridgehead atoms. The number of carbonyl (C=O) groups excluding carboxylic acids is 2. The second-order valence-corrected chi connectivity index (χ2v) is 9.46. The van der Waals surface area contributed by atoms with E-state index in [4.69, 9.17) is 0 Å². The highest BCUT2D eigenvalue weighted by Gasteiger charge is 2.30. The second-order valence-electron chi connectivity index (χ2n) is 9.46. The van der Waals surface area contributed by atoms with Crippen molar-refractivity contribution in [2.45, 2.75) is 19.4 Å². The number of nitrogens with one attached hydrogen (secondary N) is 3. The summed E-state index contributed by atoms with van der Waals surface area (Å²) >= 11 is 0. The average molecular weight is 521 g/mol. The van der Waals surface area contributed by atoms with Gasteiger partial charge in [-0.05, 0) is 35.7 Å². The van der Waals surface area contributed by atoms with Crippen molar-refractivity contribution >= 4 is 40.1 Å². The summed E-state index contributed by atoms with van der Waals surface area (Å²) in [5, 5.41) is 17.7. The van der Waals surface area contributed by atoms with Gasteiger partial charge in [0.2, 0.25) is 5.91 Å². The number of nitro benzene ring substituents is 1. The fraction of sp³-hybridized carbons (Fsp3) is 0.138. The number of hydrogen-bond donors (Lipinski definition) is 3. The molecule has 0 saturated carbocycles. The predicted molar refractivity (Wildman–Crippen MR) is 147 cm³/mol. The van der Waals surface area contributed by atoms with Crippen LogP contribution < -0.4 is 10.6 Å². The molecule has 3 N–H and O–H groups in total. The number of nitrogens with zero attached hydrogens (tertiary/aromatic N) is 3. The summed E-state index contributed by atoms with van der Waals surface area (Å²) in [7, 11) is 0. The zero-order valence-electron chi connectivity index (χ0n) is 20.8. The molecule has 2 aliphatic rings. The third-order valence-electron chi connectivity index (χ3n) is 6.94. The first-order chi connectivity index (χ1) is 19.0. The molecule has 0 atom stereocenters. The van der Waals surface area contributed by atoms with Gasteiger partial charge in [0, 0.05) is 60.3 Å². The van der Waals surface area contributed by atoms with Gasteiger partial charge in [0.05, 0.1) is 28.2 Å². The molecule has 1 fully saturated rings. The average Bonchev–Trinajstić information content (AvgIpc) is 3.69. The lowest BCUT2D eigenvalue weighted by Gasteiger charge is -2.18. The van der Waals surface area contributed by atoms with Gasteiger partial charge in [-0.25, -0.2) is 4.98 Å². The van der Waals surface area contributed by atoms with E-state index in [2.05, 4.69) is 20.6 Å². The molecule has 10 nitrogen and oxygen atoms in total. The number of rotatable bonds is 7. The van der Waals surface area contributed by atoms with E-state index in [0.29, 0.717) is 35.5 Å². The molecule has 0 spiro atoms. The highest BCUT2D eigenvalue weighted by atomic mass is 16.6. The van der Waals surface area contributed by atoms with E-state index in [0.717, 1.165) is 41.0 Å². The quantitative estimate of drug-likeness (QED) is 0.178. The van der Waals surface area contributed by atoms with Crippen LogP contribution in [0.1, 0.15) is 29.5 Å². The maximum atomic E-state index is 13.2. The number of nitro groups is 1. The van der Waals surface area contributed by atoms with Crippen molar-refractivity contribution in [2.75, 3.05) is 17.2 Å². The summed E-state index contributed by atoms with van der Waals surface area (Å²) in [5.41, 5.74) is 5.87. The van der Waals surface area contributed by atoms with Crippen LogP contribution in [0.5, 0.6) is 0 Å². The summed E-state index contributed by atoms with van der Waals surface area (Å²) in [6, 6.07) is 19.6. The number of non-ortho nitro benzene ring substituents is 1. The van der Waals surface area contributed by atoms with Crippen LogP contribution in [0.2, 0.25) is 0 Å². The van der Waals surface area contributed by atoms with E-state index in [1.807, 2.05) is 53.4 Å². The van der Waals surface area contributed by atoms with Crippen LogP contribution in [0.4, 0.5) is 17.1 Å². The molecule has 0 unspecified atom stereocenters. The molecule has 6 rings (SSSR count). The molecule has 39 heavy (non-hydrogen) atoms. The summed E-state index contributed by atoms with van der Waals surface area (Å²) in [6.07, 6.45) is 4.87. The fourth-order valence-corrected chi connectivity index (χ4v) is 4.95. The number of fused-ring (bicyclic) bond motifs is 1. The Morgan fingerprint density at radius 3 is 2.51 bits per heavy atom. The molecule has 0 radical (unpaired) electrons. The van der Waals surface area contributed by atoms with Gasteiger partial charge in [0.1, 0.15) is 0 Å². The number of imidazole rings is 1. The molecule has 2 amide bonds. The van der Waals surface area contributed by atoms with Crippen molar-refractivity contribution in [3.63, 3.8) is 0 Å². The van der Waals surface area contributed by atoms with Crippen LogP contribution in [0.3, 0.4) is 0 Å². The topological polar surface area (TPSA) is 133 Å². The van der Waals surface area contributed by atoms with Gasteiger partial charge in [0.25, 0.3) is 11.6 Å². The lowest BCUT2D eigenvalue weighted by molar-refractivity contribution is -0.384. The number of aromatic nitrogens is 2. The highest BCUT2D eigenvalue weighted by Crippen LogP contribution is 2.39. The van der Waals surface area contributed by atoms with Crippen molar-refractivity contribution in [2.24, 2.45) is 0 Å². The van der Waals surface area contributed by atoms with E-state index >= 15 is 0 Å². The van der Waals surface area contributed by atoms with E-state index < -0.39 is 4.92 Å². The van der Waals surface area contributed by atoms with Gasteiger partial charge < -0.3 is 20.5 Å². The smallest absolute Gasteiger partial charge is 0.270 e. The maximum absolute atomic E-state index is 13.2. The van der Waals surface area contributed by atoms with Crippen molar-refractivity contribution in [3.8, 4) is 11.3 Å². The zero-order chi connectivity index (χ0) is 26.9. The molecule has 194 valence electrons. The van der Waals surface area contributed by atoms with Crippen LogP contribution in [0, 0.1) is 10.1 Å². The Hall–Kier alpha value is -5.25. The Balaban J connectivity index is 1.40. The summed E-state index contributed by atoms with van der Waals surface area (Å²) in [5.74, 6) is -0.199. The summed E-state index contributed by atoms with van der Waals surface area (Å²) in [4.78, 5) is 45.4. The Bertz CT molecular complexity index is 1610. The van der Waals surface area contributed by atoms with Crippen molar-refractivity contribution in [1.82, 2.24) is 14.9 Å². The van der Waals surface area contributed by atoms with Crippen LogP contribution in [0.25, 0.3) is 22.5 Å². The number of amides is 2. The Morgan fingerprint density at radius 1 is 1.05 bits per heavy atom. The first-order valence-corrected chi connectivity index (χ1v) is 12.5. The van der Waals surface area contributed by atoms with Crippen molar-refractivity contribution in [3.05, 3.63) is 106 Å². The third kappa shape index (κ3) is 4.75. The van der Waals surface area contributed by atoms with Crippen molar-refractivity contribution < 1.29 is 14.5 Å². The standard InChI is InChI=1S/C29H24N6O4/c36-26-2-1-13-34(26)16-18-3-5-20(6-4-18)28(32-21-9-7-19(8-10-21)25-15-30-17-31-25)27-23-14-22(35(38)39)11-12-24(23)33-29(27)37/h3-12,14-15,17,32H,1-2,13,16H2,(H,30,31)(H,33,37). The Labute approximate surface area is 223 Å². The van der Waals surface area contributed by atoms with Crippen LogP contribution in [0.15, 0.2) is 79.3 Å². The number of likely N-dealkylation sites (tertiary alicyclic amines) is 1. The number of hydrogen-bond acceptors (Lipinski definition) is 6. The number of anilines is 2. The normalized spacial score (nSPS) is 15.7. The van der Waals surface area contributed by atoms with Gasteiger partial charge in [-0.2, -0.15) is 0 Å². The summed E-state index contributed by atoms with van der Waals surface area (Å²) in [6.45, 7) is 1.28. The first kappa shape index (κ1) is 24.1. The van der Waals surface area contributed by atoms with Crippen molar-refractivity contribution in [1.29, 1.82) is 0 Å². The lowest BCUT2D eigenvalue weighted by atomic mass is 9.98. The Kier molecular flexibility index (Phi) is 6.12. The molecule has 2 aliphatic heterocycles. The second kappa shape index (κ2) is 9.90. The number of carbonyl (C=O) groups is 2. The van der Waals surface area contributed by atoms with Gasteiger partial charge >= 0.3 is 0 Å². The third-order valence-corrected chi connectivity index (χ3v) is 6.94. The minimum absolute atomic E-state index is 0.101. The number of aromatic amines is 1. The molecular formula is C29H24N6O4. The van der Waals surface area contributed by atoms with E-state index in [1.54, 1.807) is 18.6 Å². The minimum Gasteiger partial charge on any atom is -0.354 e. The predicted octanol–water partition coefficient (Wildman–Crippen LogP) is 5.04. The van der Waals surface area contributed by atoms with E-state index in [-0.39, 0.29) is 17.5 Å². The molecule has 0 aliphatic carbocycles. The van der Waals surface area contributed by atoms with Crippen LogP contribution in [-0.4, -0.2) is 38.2 Å². The largest absolute Gasteiger partial charge is 0.354 e.